The standard InChI is InChI=1S/C21H28FN5O.ClH/c1-15-20(24-25-27(15)19-5-9-23-10-6-19)21(28)26-11-7-16(8-12-26)13-17-3-2-4-18(22)14-17;/h2-4,14,16,19,23H,5-13H2,1H3;1H. The number of nitrogens with one attached hydrogen (secondary N) is 1. The Bertz CT molecular complexity index is 828. The third-order valence-corrected chi connectivity index (χ3v) is 6.10. The van der Waals surface area contributed by atoms with E-state index in [1.165, 1.54) is 6.07 Å². The highest BCUT2D eigenvalue weighted by Gasteiger charge is 2.28. The Hall–Kier alpha value is -1.99. The van der Waals surface area contributed by atoms with Crippen LogP contribution in [0.1, 0.15) is 53.5 Å². The molecule has 2 aliphatic heterocycles. The molecule has 1 N–H and O–H groups in total. The van der Waals surface area contributed by atoms with Crippen molar-refractivity contribution in [1.29, 1.82) is 0 Å². The number of amides is 1. The van der Waals surface area contributed by atoms with Gasteiger partial charge in [0.05, 0.1) is 11.7 Å². The zero-order valence-corrected chi connectivity index (χ0v) is 17.6. The lowest BCUT2D eigenvalue weighted by Gasteiger charge is -2.31. The van der Waals surface area contributed by atoms with Gasteiger partial charge in [0, 0.05) is 13.1 Å². The molecule has 158 valence electrons. The van der Waals surface area contributed by atoms with Gasteiger partial charge in [-0.25, -0.2) is 9.07 Å². The minimum Gasteiger partial charge on any atom is -0.337 e. The van der Waals surface area contributed by atoms with Crippen LogP contribution in [0, 0.1) is 18.7 Å². The molecule has 4 rings (SSSR count). The van der Waals surface area contributed by atoms with E-state index in [1.807, 2.05) is 22.6 Å². The van der Waals surface area contributed by atoms with Crippen molar-refractivity contribution in [3.63, 3.8) is 0 Å². The third kappa shape index (κ3) is 4.95. The first-order chi connectivity index (χ1) is 13.6. The average molecular weight is 422 g/mol. The summed E-state index contributed by atoms with van der Waals surface area (Å²) in [5.74, 6) is 0.289. The summed E-state index contributed by atoms with van der Waals surface area (Å²) >= 11 is 0. The van der Waals surface area contributed by atoms with Gasteiger partial charge in [-0.05, 0) is 75.7 Å². The van der Waals surface area contributed by atoms with Crippen LogP contribution in [0.15, 0.2) is 24.3 Å². The van der Waals surface area contributed by atoms with Crippen molar-refractivity contribution < 1.29 is 9.18 Å². The predicted molar refractivity (Wildman–Crippen MR) is 112 cm³/mol. The van der Waals surface area contributed by atoms with Crippen molar-refractivity contribution in [2.24, 2.45) is 5.92 Å². The molecular weight excluding hydrogens is 393 g/mol. The molecule has 2 saturated heterocycles. The van der Waals surface area contributed by atoms with Gasteiger partial charge in [-0.3, -0.25) is 4.79 Å². The van der Waals surface area contributed by atoms with E-state index in [0.717, 1.165) is 69.5 Å². The summed E-state index contributed by atoms with van der Waals surface area (Å²) < 4.78 is 15.3. The summed E-state index contributed by atoms with van der Waals surface area (Å²) in [6.45, 7) is 5.35. The lowest BCUT2D eigenvalue weighted by Crippen LogP contribution is -2.39. The fourth-order valence-corrected chi connectivity index (χ4v) is 4.42. The molecule has 0 saturated carbocycles. The van der Waals surface area contributed by atoms with E-state index >= 15 is 0 Å². The molecule has 0 radical (unpaired) electrons. The van der Waals surface area contributed by atoms with Crippen molar-refractivity contribution in [2.75, 3.05) is 26.2 Å². The molecule has 0 aliphatic carbocycles. The third-order valence-electron chi connectivity index (χ3n) is 6.10. The highest BCUT2D eigenvalue weighted by molar-refractivity contribution is 5.93. The first kappa shape index (κ1) is 21.7. The van der Waals surface area contributed by atoms with Gasteiger partial charge >= 0.3 is 0 Å². The maximum atomic E-state index is 13.4. The van der Waals surface area contributed by atoms with Gasteiger partial charge in [0.25, 0.3) is 5.91 Å². The number of halogens is 2. The van der Waals surface area contributed by atoms with Gasteiger partial charge in [-0.1, -0.05) is 17.3 Å². The Morgan fingerprint density at radius 3 is 2.62 bits per heavy atom. The number of piperidine rings is 2. The molecule has 2 aliphatic rings. The number of benzene rings is 1. The first-order valence-electron chi connectivity index (χ1n) is 10.3. The van der Waals surface area contributed by atoms with Crippen LogP contribution < -0.4 is 5.32 Å². The number of carbonyl (C=O) groups excluding carboxylic acids is 1. The first-order valence-corrected chi connectivity index (χ1v) is 10.3. The van der Waals surface area contributed by atoms with Crippen molar-refractivity contribution >= 4 is 18.3 Å². The molecule has 2 fully saturated rings. The number of likely N-dealkylation sites (tertiary alicyclic amines) is 1. The lowest BCUT2D eigenvalue weighted by molar-refractivity contribution is 0.0683. The summed E-state index contributed by atoms with van der Waals surface area (Å²) in [6, 6.07) is 7.15. The van der Waals surface area contributed by atoms with Crippen LogP contribution in [0.5, 0.6) is 0 Å². The van der Waals surface area contributed by atoms with E-state index in [-0.39, 0.29) is 24.1 Å². The van der Waals surface area contributed by atoms with Gasteiger partial charge in [0.1, 0.15) is 5.82 Å². The fourth-order valence-electron chi connectivity index (χ4n) is 4.42. The molecule has 8 heteroatoms. The van der Waals surface area contributed by atoms with Crippen LogP contribution in [-0.4, -0.2) is 52.0 Å². The molecule has 2 aromatic rings. The summed E-state index contributed by atoms with van der Waals surface area (Å²) in [6.07, 6.45) is 4.77. The quantitative estimate of drug-likeness (QED) is 0.823. The Morgan fingerprint density at radius 2 is 1.93 bits per heavy atom. The summed E-state index contributed by atoms with van der Waals surface area (Å²) in [4.78, 5) is 14.9. The largest absolute Gasteiger partial charge is 0.337 e. The topological polar surface area (TPSA) is 63.1 Å². The zero-order chi connectivity index (χ0) is 19.5. The van der Waals surface area contributed by atoms with Crippen LogP contribution in [0.25, 0.3) is 0 Å². The van der Waals surface area contributed by atoms with Gasteiger partial charge in [-0.15, -0.1) is 17.5 Å². The minimum atomic E-state index is -0.183. The number of hydrogen-bond donors (Lipinski definition) is 1. The molecule has 0 atom stereocenters. The van der Waals surface area contributed by atoms with Crippen molar-refractivity contribution in [1.82, 2.24) is 25.2 Å². The number of aromatic nitrogens is 3. The fraction of sp³-hybridized carbons (Fsp3) is 0.571. The van der Waals surface area contributed by atoms with Gasteiger partial charge in [-0.2, -0.15) is 0 Å². The van der Waals surface area contributed by atoms with E-state index in [2.05, 4.69) is 15.6 Å². The molecule has 1 amide bonds. The van der Waals surface area contributed by atoms with E-state index in [4.69, 9.17) is 0 Å². The van der Waals surface area contributed by atoms with Crippen molar-refractivity contribution in [3.8, 4) is 0 Å². The van der Waals surface area contributed by atoms with Crippen molar-refractivity contribution in [3.05, 3.63) is 47.0 Å². The maximum Gasteiger partial charge on any atom is 0.276 e. The Balaban J connectivity index is 0.00000240. The van der Waals surface area contributed by atoms with Crippen LogP contribution in [-0.2, 0) is 6.42 Å². The van der Waals surface area contributed by atoms with Crippen LogP contribution >= 0.6 is 12.4 Å². The van der Waals surface area contributed by atoms with Crippen LogP contribution in [0.2, 0.25) is 0 Å². The lowest BCUT2D eigenvalue weighted by atomic mass is 9.90. The SMILES string of the molecule is Cc1c(C(=O)N2CCC(Cc3cccc(F)c3)CC2)nnn1C1CCNCC1.Cl. The molecule has 29 heavy (non-hydrogen) atoms. The van der Waals surface area contributed by atoms with Gasteiger partial charge < -0.3 is 10.2 Å². The summed E-state index contributed by atoms with van der Waals surface area (Å²) in [5.41, 5.74) is 2.39. The predicted octanol–water partition coefficient (Wildman–Crippen LogP) is 3.17. The van der Waals surface area contributed by atoms with E-state index < -0.39 is 0 Å². The van der Waals surface area contributed by atoms with Crippen LogP contribution in [0.3, 0.4) is 0 Å². The molecule has 1 aromatic heterocycles. The summed E-state index contributed by atoms with van der Waals surface area (Å²) in [5, 5.41) is 11.9. The second kappa shape index (κ2) is 9.67. The number of hydrogen-bond acceptors (Lipinski definition) is 4. The number of carbonyl (C=O) groups is 1. The van der Waals surface area contributed by atoms with Crippen LogP contribution in [0.4, 0.5) is 4.39 Å². The molecule has 0 bridgehead atoms. The Morgan fingerprint density at radius 1 is 1.21 bits per heavy atom. The maximum absolute atomic E-state index is 13.4. The Kier molecular flexibility index (Phi) is 7.24. The van der Waals surface area contributed by atoms with E-state index in [9.17, 15) is 9.18 Å². The monoisotopic (exact) mass is 421 g/mol. The molecular formula is C21H29ClFN5O. The average Bonchev–Trinajstić information content (AvgIpc) is 3.10. The molecule has 0 unspecified atom stereocenters. The number of nitrogens with zero attached hydrogens (tertiary/aromatic N) is 4. The normalized spacial score (nSPS) is 18.5. The molecule has 6 nitrogen and oxygen atoms in total. The highest BCUT2D eigenvalue weighted by Crippen LogP contribution is 2.25. The van der Waals surface area contributed by atoms with Gasteiger partial charge in [0.2, 0.25) is 0 Å². The van der Waals surface area contributed by atoms with Gasteiger partial charge in [0.15, 0.2) is 5.69 Å². The Labute approximate surface area is 177 Å². The highest BCUT2D eigenvalue weighted by atomic mass is 35.5. The number of rotatable bonds is 4. The second-order valence-corrected chi connectivity index (χ2v) is 8.02. The second-order valence-electron chi connectivity index (χ2n) is 8.02. The smallest absolute Gasteiger partial charge is 0.276 e. The van der Waals surface area contributed by atoms with E-state index in [1.54, 1.807) is 12.1 Å². The summed E-state index contributed by atoms with van der Waals surface area (Å²) in [7, 11) is 0. The van der Waals surface area contributed by atoms with E-state index in [0.29, 0.717) is 17.7 Å². The minimum absolute atomic E-state index is 0. The van der Waals surface area contributed by atoms with Crippen molar-refractivity contribution in [2.45, 2.75) is 45.1 Å². The zero-order valence-electron chi connectivity index (χ0n) is 16.8. The molecule has 1 aromatic carbocycles. The molecule has 0 spiro atoms. The molecule has 3 heterocycles.